The van der Waals surface area contributed by atoms with Crippen molar-refractivity contribution in [3.63, 3.8) is 0 Å². The molecule has 0 aliphatic rings. The van der Waals surface area contributed by atoms with Gasteiger partial charge in [-0.3, -0.25) is 9.59 Å². The Morgan fingerprint density at radius 2 is 1.81 bits per heavy atom. The van der Waals surface area contributed by atoms with Crippen molar-refractivity contribution in [2.24, 2.45) is 0 Å². The molecule has 0 bridgehead atoms. The number of aryl methyl sites for hydroxylation is 1. The first kappa shape index (κ1) is 17.0. The summed E-state index contributed by atoms with van der Waals surface area (Å²) < 4.78 is 10.4. The lowest BCUT2D eigenvalue weighted by Crippen LogP contribution is -2.27. The summed E-state index contributed by atoms with van der Waals surface area (Å²) in [6, 6.07) is 3.70. The molecular formula is C16H23NO4. The van der Waals surface area contributed by atoms with E-state index in [0.717, 1.165) is 11.1 Å². The first-order chi connectivity index (χ1) is 9.64. The Kier molecular flexibility index (Phi) is 5.35. The minimum atomic E-state index is -0.598. The number of nitrogens with one attached hydrogen (secondary N) is 1. The molecule has 0 fully saturated rings. The van der Waals surface area contributed by atoms with E-state index >= 15 is 0 Å². The summed E-state index contributed by atoms with van der Waals surface area (Å²) in [5.74, 6) is -0.255. The molecule has 0 radical (unpaired) electrons. The molecule has 1 aromatic carbocycles. The molecule has 0 heterocycles. The van der Waals surface area contributed by atoms with E-state index < -0.39 is 17.5 Å². The Bertz CT molecular complexity index is 544. The first-order valence-corrected chi connectivity index (χ1v) is 6.80. The molecule has 0 aliphatic carbocycles. The van der Waals surface area contributed by atoms with Gasteiger partial charge in [0.15, 0.2) is 0 Å². The minimum Gasteiger partial charge on any atom is -0.496 e. The van der Waals surface area contributed by atoms with E-state index in [1.807, 2.05) is 26.0 Å². The van der Waals surface area contributed by atoms with Crippen LogP contribution in [-0.4, -0.2) is 24.6 Å². The maximum Gasteiger partial charge on any atom is 0.315 e. The fourth-order valence-corrected chi connectivity index (χ4v) is 1.93. The second-order valence-electron chi connectivity index (χ2n) is 5.90. The van der Waals surface area contributed by atoms with Crippen LogP contribution >= 0.6 is 0 Å². The highest BCUT2D eigenvalue weighted by molar-refractivity contribution is 6.02. The van der Waals surface area contributed by atoms with Crippen LogP contribution in [0.2, 0.25) is 0 Å². The summed E-state index contributed by atoms with van der Waals surface area (Å²) in [7, 11) is 1.57. The fraction of sp³-hybridized carbons (Fsp3) is 0.500. The van der Waals surface area contributed by atoms with Crippen molar-refractivity contribution in [1.82, 2.24) is 0 Å². The molecule has 0 aromatic heterocycles. The molecule has 0 saturated carbocycles. The molecule has 5 nitrogen and oxygen atoms in total. The zero-order chi connectivity index (χ0) is 16.2. The van der Waals surface area contributed by atoms with Crippen molar-refractivity contribution in [1.29, 1.82) is 0 Å². The van der Waals surface area contributed by atoms with Crippen molar-refractivity contribution < 1.29 is 19.1 Å². The average molecular weight is 293 g/mol. The summed E-state index contributed by atoms with van der Waals surface area (Å²) in [6.07, 6.45) is -0.312. The molecule has 1 aromatic rings. The number of amides is 1. The molecule has 1 N–H and O–H groups in total. The SMILES string of the molecule is COc1ccc(C)c(NC(=O)CC(=O)OC(C)(C)C)c1C. The highest BCUT2D eigenvalue weighted by atomic mass is 16.6. The van der Waals surface area contributed by atoms with E-state index in [1.165, 1.54) is 0 Å². The van der Waals surface area contributed by atoms with Crippen molar-refractivity contribution in [3.05, 3.63) is 23.3 Å². The zero-order valence-electron chi connectivity index (χ0n) is 13.5. The van der Waals surface area contributed by atoms with E-state index in [9.17, 15) is 9.59 Å². The number of benzene rings is 1. The molecule has 1 rings (SSSR count). The van der Waals surface area contributed by atoms with Crippen LogP contribution in [-0.2, 0) is 14.3 Å². The Morgan fingerprint density at radius 3 is 2.33 bits per heavy atom. The van der Waals surface area contributed by atoms with Gasteiger partial charge in [-0.15, -0.1) is 0 Å². The predicted molar refractivity (Wildman–Crippen MR) is 81.6 cm³/mol. The monoisotopic (exact) mass is 293 g/mol. The topological polar surface area (TPSA) is 64.6 Å². The number of carbonyl (C=O) groups is 2. The summed E-state index contributed by atoms with van der Waals surface area (Å²) in [5, 5.41) is 2.75. The number of hydrogen-bond donors (Lipinski definition) is 1. The van der Waals surface area contributed by atoms with Crippen LogP contribution in [0.15, 0.2) is 12.1 Å². The number of rotatable bonds is 4. The Morgan fingerprint density at radius 1 is 1.19 bits per heavy atom. The lowest BCUT2D eigenvalue weighted by molar-refractivity contribution is -0.155. The van der Waals surface area contributed by atoms with Crippen LogP contribution in [0.5, 0.6) is 5.75 Å². The number of hydrogen-bond acceptors (Lipinski definition) is 4. The van der Waals surface area contributed by atoms with Crippen LogP contribution in [0.1, 0.15) is 38.3 Å². The van der Waals surface area contributed by atoms with Gasteiger partial charge in [0.25, 0.3) is 0 Å². The maximum atomic E-state index is 12.0. The number of anilines is 1. The molecule has 1 amide bonds. The molecule has 0 atom stereocenters. The quantitative estimate of drug-likeness (QED) is 0.684. The number of methoxy groups -OCH3 is 1. The van der Waals surface area contributed by atoms with E-state index in [1.54, 1.807) is 27.9 Å². The van der Waals surface area contributed by atoms with Gasteiger partial charge in [-0.25, -0.2) is 0 Å². The molecule has 0 unspecified atom stereocenters. The smallest absolute Gasteiger partial charge is 0.315 e. The Labute approximate surface area is 125 Å². The highest BCUT2D eigenvalue weighted by Crippen LogP contribution is 2.28. The van der Waals surface area contributed by atoms with Gasteiger partial charge in [-0.05, 0) is 46.2 Å². The van der Waals surface area contributed by atoms with Gasteiger partial charge < -0.3 is 14.8 Å². The average Bonchev–Trinajstić information content (AvgIpc) is 2.32. The lowest BCUT2D eigenvalue weighted by Gasteiger charge is -2.19. The maximum absolute atomic E-state index is 12.0. The molecule has 0 spiro atoms. The normalized spacial score (nSPS) is 11.0. The van der Waals surface area contributed by atoms with Crippen molar-refractivity contribution in [3.8, 4) is 5.75 Å². The van der Waals surface area contributed by atoms with Gasteiger partial charge >= 0.3 is 5.97 Å². The molecule has 5 heteroatoms. The van der Waals surface area contributed by atoms with Crippen LogP contribution in [0, 0.1) is 13.8 Å². The molecule has 0 aliphatic heterocycles. The second-order valence-corrected chi connectivity index (χ2v) is 5.90. The summed E-state index contributed by atoms with van der Waals surface area (Å²) in [5.41, 5.74) is 1.81. The van der Waals surface area contributed by atoms with Gasteiger partial charge in [0.2, 0.25) is 5.91 Å². The van der Waals surface area contributed by atoms with Gasteiger partial charge in [-0.1, -0.05) is 6.07 Å². The third-order valence-electron chi connectivity index (χ3n) is 2.83. The molecular weight excluding hydrogens is 270 g/mol. The van der Waals surface area contributed by atoms with Gasteiger partial charge in [-0.2, -0.15) is 0 Å². The molecule has 116 valence electrons. The third kappa shape index (κ3) is 5.10. The largest absolute Gasteiger partial charge is 0.496 e. The predicted octanol–water partition coefficient (Wildman–Crippen LogP) is 2.98. The molecule has 21 heavy (non-hydrogen) atoms. The zero-order valence-corrected chi connectivity index (χ0v) is 13.5. The third-order valence-corrected chi connectivity index (χ3v) is 2.83. The van der Waals surface area contributed by atoms with Crippen molar-refractivity contribution in [2.45, 2.75) is 46.6 Å². The first-order valence-electron chi connectivity index (χ1n) is 6.80. The fourth-order valence-electron chi connectivity index (χ4n) is 1.93. The summed E-state index contributed by atoms with van der Waals surface area (Å²) in [6.45, 7) is 9.03. The second kappa shape index (κ2) is 6.61. The van der Waals surface area contributed by atoms with E-state index in [2.05, 4.69) is 5.32 Å². The van der Waals surface area contributed by atoms with Crippen LogP contribution in [0.4, 0.5) is 5.69 Å². The standard InChI is InChI=1S/C16H23NO4/c1-10-7-8-12(20-6)11(2)15(10)17-13(18)9-14(19)21-16(3,4)5/h7-8H,9H2,1-6H3,(H,17,18). The van der Waals surface area contributed by atoms with Crippen LogP contribution in [0.3, 0.4) is 0 Å². The summed E-state index contributed by atoms with van der Waals surface area (Å²) >= 11 is 0. The van der Waals surface area contributed by atoms with Crippen molar-refractivity contribution in [2.75, 3.05) is 12.4 Å². The van der Waals surface area contributed by atoms with Gasteiger partial charge in [0.1, 0.15) is 17.8 Å². The minimum absolute atomic E-state index is 0.312. The summed E-state index contributed by atoms with van der Waals surface area (Å²) in [4.78, 5) is 23.6. The van der Waals surface area contributed by atoms with E-state index in [0.29, 0.717) is 11.4 Å². The Balaban J connectivity index is 2.78. The lowest BCUT2D eigenvalue weighted by atomic mass is 10.1. The number of esters is 1. The molecule has 0 saturated heterocycles. The van der Waals surface area contributed by atoms with Crippen LogP contribution in [0.25, 0.3) is 0 Å². The highest BCUT2D eigenvalue weighted by Gasteiger charge is 2.20. The van der Waals surface area contributed by atoms with Crippen molar-refractivity contribution >= 4 is 17.6 Å². The van der Waals surface area contributed by atoms with Gasteiger partial charge in [0, 0.05) is 5.56 Å². The van der Waals surface area contributed by atoms with E-state index in [4.69, 9.17) is 9.47 Å². The number of ether oxygens (including phenoxy) is 2. The number of carbonyl (C=O) groups excluding carboxylic acids is 2. The van der Waals surface area contributed by atoms with Gasteiger partial charge in [0.05, 0.1) is 12.8 Å². The Hall–Kier alpha value is -2.04. The van der Waals surface area contributed by atoms with Crippen LogP contribution < -0.4 is 10.1 Å². The van der Waals surface area contributed by atoms with E-state index in [-0.39, 0.29) is 6.42 Å².